The molecule has 0 aliphatic carbocycles. The summed E-state index contributed by atoms with van der Waals surface area (Å²) in [6.07, 6.45) is 1.06. The van der Waals surface area contributed by atoms with Crippen molar-refractivity contribution in [2.45, 2.75) is 26.7 Å². The number of aryl methyl sites for hydroxylation is 1. The molecule has 94 valence electrons. The summed E-state index contributed by atoms with van der Waals surface area (Å²) in [4.78, 5) is 26.1. The molecule has 17 heavy (non-hydrogen) atoms. The normalized spacial score (nSPS) is 10.2. The Morgan fingerprint density at radius 3 is 2.59 bits per heavy atom. The van der Waals surface area contributed by atoms with Gasteiger partial charge in [0.1, 0.15) is 6.54 Å². The first-order chi connectivity index (χ1) is 8.02. The minimum atomic E-state index is -0.964. The molecular weight excluding hydrogens is 238 g/mol. The second kappa shape index (κ2) is 6.39. The predicted octanol–water partition coefficient (Wildman–Crippen LogP) is 1.92. The molecule has 1 rings (SSSR count). The minimum absolute atomic E-state index is 0.115. The maximum atomic E-state index is 11.9. The van der Waals surface area contributed by atoms with Crippen molar-refractivity contribution in [3.8, 4) is 0 Å². The van der Waals surface area contributed by atoms with E-state index in [4.69, 9.17) is 5.11 Å². The molecule has 0 saturated carbocycles. The molecule has 4 nitrogen and oxygen atoms in total. The van der Waals surface area contributed by atoms with Gasteiger partial charge in [0.15, 0.2) is 0 Å². The number of nitrogens with zero attached hydrogens (tertiary/aromatic N) is 1. The van der Waals surface area contributed by atoms with Crippen molar-refractivity contribution in [3.63, 3.8) is 0 Å². The zero-order valence-electron chi connectivity index (χ0n) is 10.1. The van der Waals surface area contributed by atoms with E-state index in [1.165, 1.54) is 4.90 Å². The highest BCUT2D eigenvalue weighted by molar-refractivity contribution is 7.12. The first kappa shape index (κ1) is 13.7. The van der Waals surface area contributed by atoms with Crippen LogP contribution in [0.5, 0.6) is 0 Å². The minimum Gasteiger partial charge on any atom is -0.480 e. The molecule has 0 fully saturated rings. The van der Waals surface area contributed by atoms with Crippen molar-refractivity contribution < 1.29 is 14.7 Å². The van der Waals surface area contributed by atoms with Crippen LogP contribution in [0.2, 0.25) is 0 Å². The number of hydrogen-bond donors (Lipinski definition) is 1. The molecule has 1 aromatic heterocycles. The van der Waals surface area contributed by atoms with E-state index in [-0.39, 0.29) is 12.5 Å². The fourth-order valence-corrected chi connectivity index (χ4v) is 2.45. The Bertz CT molecular complexity index is 400. The average molecular weight is 255 g/mol. The standard InChI is InChI=1S/C12H17NO3S/c1-3-6-13(8-12(15)16)11(14)7-10-5-4-9(2)17-10/h4-5H,3,6-8H2,1-2H3,(H,15,16). The third kappa shape index (κ3) is 4.56. The van der Waals surface area contributed by atoms with Crippen molar-refractivity contribution in [2.24, 2.45) is 0 Å². The highest BCUT2D eigenvalue weighted by Crippen LogP contribution is 2.16. The molecule has 0 aromatic carbocycles. The van der Waals surface area contributed by atoms with Crippen molar-refractivity contribution >= 4 is 23.2 Å². The molecule has 1 heterocycles. The first-order valence-corrected chi connectivity index (χ1v) is 6.39. The molecule has 0 atom stereocenters. The van der Waals surface area contributed by atoms with Crippen LogP contribution in [0.3, 0.4) is 0 Å². The summed E-state index contributed by atoms with van der Waals surface area (Å²) in [5, 5.41) is 8.74. The molecule has 0 radical (unpaired) electrons. The van der Waals surface area contributed by atoms with Gasteiger partial charge in [0, 0.05) is 16.3 Å². The third-order valence-electron chi connectivity index (χ3n) is 2.29. The Kier molecular flexibility index (Phi) is 5.15. The highest BCUT2D eigenvalue weighted by atomic mass is 32.1. The van der Waals surface area contributed by atoms with E-state index in [1.807, 2.05) is 26.0 Å². The van der Waals surface area contributed by atoms with Crippen LogP contribution in [0.4, 0.5) is 0 Å². The zero-order chi connectivity index (χ0) is 12.8. The predicted molar refractivity (Wildman–Crippen MR) is 67.3 cm³/mol. The van der Waals surface area contributed by atoms with Gasteiger partial charge in [-0.15, -0.1) is 11.3 Å². The van der Waals surface area contributed by atoms with Gasteiger partial charge < -0.3 is 10.0 Å². The molecule has 0 aliphatic rings. The molecule has 0 spiro atoms. The van der Waals surface area contributed by atoms with Crippen molar-refractivity contribution in [1.29, 1.82) is 0 Å². The maximum Gasteiger partial charge on any atom is 0.323 e. The average Bonchev–Trinajstić information content (AvgIpc) is 2.62. The summed E-state index contributed by atoms with van der Waals surface area (Å²) < 4.78 is 0. The second-order valence-corrected chi connectivity index (χ2v) is 5.27. The summed E-state index contributed by atoms with van der Waals surface area (Å²) in [5.41, 5.74) is 0. The van der Waals surface area contributed by atoms with E-state index in [0.29, 0.717) is 13.0 Å². The SMILES string of the molecule is CCCN(CC(=O)O)C(=O)Cc1ccc(C)s1. The Morgan fingerprint density at radius 1 is 1.41 bits per heavy atom. The van der Waals surface area contributed by atoms with Crippen molar-refractivity contribution in [1.82, 2.24) is 4.90 Å². The number of carboxylic acids is 1. The second-order valence-electron chi connectivity index (χ2n) is 3.90. The molecule has 0 bridgehead atoms. The lowest BCUT2D eigenvalue weighted by Crippen LogP contribution is -2.37. The van der Waals surface area contributed by atoms with Gasteiger partial charge >= 0.3 is 5.97 Å². The number of hydrogen-bond acceptors (Lipinski definition) is 3. The topological polar surface area (TPSA) is 57.6 Å². The van der Waals surface area contributed by atoms with Gasteiger partial charge in [-0.05, 0) is 25.5 Å². The van der Waals surface area contributed by atoms with Crippen LogP contribution in [0.25, 0.3) is 0 Å². The van der Waals surface area contributed by atoms with Crippen LogP contribution in [-0.4, -0.2) is 35.0 Å². The molecule has 5 heteroatoms. The van der Waals surface area contributed by atoms with Gasteiger partial charge in [-0.25, -0.2) is 0 Å². The molecule has 1 N–H and O–H groups in total. The van der Waals surface area contributed by atoms with Crippen LogP contribution in [-0.2, 0) is 16.0 Å². The number of aliphatic carboxylic acids is 1. The fraction of sp³-hybridized carbons (Fsp3) is 0.500. The number of thiophene rings is 1. The highest BCUT2D eigenvalue weighted by Gasteiger charge is 2.16. The van der Waals surface area contributed by atoms with E-state index in [1.54, 1.807) is 11.3 Å². The fourth-order valence-electron chi connectivity index (χ4n) is 1.57. The lowest BCUT2D eigenvalue weighted by molar-refractivity contribution is -0.144. The molecule has 1 aromatic rings. The van der Waals surface area contributed by atoms with Crippen molar-refractivity contribution in [2.75, 3.05) is 13.1 Å². The maximum absolute atomic E-state index is 11.9. The summed E-state index contributed by atoms with van der Waals surface area (Å²) in [7, 11) is 0. The Morgan fingerprint density at radius 2 is 2.12 bits per heavy atom. The summed E-state index contributed by atoms with van der Waals surface area (Å²) in [6, 6.07) is 3.89. The Balaban J connectivity index is 2.61. The summed E-state index contributed by atoms with van der Waals surface area (Å²) in [5.74, 6) is -1.08. The molecule has 1 amide bonds. The van der Waals surface area contributed by atoms with Gasteiger partial charge in [0.2, 0.25) is 5.91 Å². The van der Waals surface area contributed by atoms with E-state index >= 15 is 0 Å². The number of carbonyl (C=O) groups is 2. The van der Waals surface area contributed by atoms with Crippen molar-refractivity contribution in [3.05, 3.63) is 21.9 Å². The smallest absolute Gasteiger partial charge is 0.323 e. The van der Waals surface area contributed by atoms with E-state index < -0.39 is 5.97 Å². The molecule has 0 saturated heterocycles. The van der Waals surface area contributed by atoms with Gasteiger partial charge in [0.05, 0.1) is 6.42 Å². The molecular formula is C12H17NO3S. The van der Waals surface area contributed by atoms with Gasteiger partial charge in [-0.3, -0.25) is 9.59 Å². The Labute approximate surface area is 105 Å². The zero-order valence-corrected chi connectivity index (χ0v) is 10.9. The van der Waals surface area contributed by atoms with Gasteiger partial charge in [-0.1, -0.05) is 6.92 Å². The van der Waals surface area contributed by atoms with Crippen LogP contribution in [0, 0.1) is 6.92 Å². The van der Waals surface area contributed by atoms with Crippen LogP contribution >= 0.6 is 11.3 Å². The van der Waals surface area contributed by atoms with E-state index in [2.05, 4.69) is 0 Å². The first-order valence-electron chi connectivity index (χ1n) is 5.57. The summed E-state index contributed by atoms with van der Waals surface area (Å²) >= 11 is 1.58. The van der Waals surface area contributed by atoms with E-state index in [9.17, 15) is 9.59 Å². The van der Waals surface area contributed by atoms with Gasteiger partial charge in [-0.2, -0.15) is 0 Å². The van der Waals surface area contributed by atoms with Gasteiger partial charge in [0.25, 0.3) is 0 Å². The molecule has 0 aliphatic heterocycles. The Hall–Kier alpha value is -1.36. The number of amides is 1. The number of rotatable bonds is 6. The quantitative estimate of drug-likeness (QED) is 0.845. The van der Waals surface area contributed by atoms with Crippen LogP contribution in [0.1, 0.15) is 23.1 Å². The van der Waals surface area contributed by atoms with Crippen LogP contribution in [0.15, 0.2) is 12.1 Å². The third-order valence-corrected chi connectivity index (χ3v) is 3.29. The number of carboxylic acid groups (broad SMARTS) is 1. The monoisotopic (exact) mass is 255 g/mol. The lowest BCUT2D eigenvalue weighted by Gasteiger charge is -2.19. The van der Waals surface area contributed by atoms with Crippen LogP contribution < -0.4 is 0 Å². The lowest BCUT2D eigenvalue weighted by atomic mass is 10.3. The number of carbonyl (C=O) groups excluding carboxylic acids is 1. The summed E-state index contributed by atoms with van der Waals surface area (Å²) in [6.45, 7) is 4.20. The largest absolute Gasteiger partial charge is 0.480 e. The molecule has 0 unspecified atom stereocenters. The van der Waals surface area contributed by atoms with E-state index in [0.717, 1.165) is 16.2 Å².